The number of carbonyl (C=O) groups excluding carboxylic acids is 2. The number of phenolic OH excluding ortho intramolecular Hbond substituents is 1. The number of esters is 1. The molecule has 7 heteroatoms. The molecule has 22 heavy (non-hydrogen) atoms. The minimum Gasteiger partial charge on any atom is -0.503 e. The van der Waals surface area contributed by atoms with Gasteiger partial charge in [0.15, 0.2) is 17.6 Å². The summed E-state index contributed by atoms with van der Waals surface area (Å²) in [6.45, 7) is 3.75. The lowest BCUT2D eigenvalue weighted by Gasteiger charge is -2.11. The van der Waals surface area contributed by atoms with Crippen LogP contribution in [0.4, 0.5) is 0 Å². The highest BCUT2D eigenvalue weighted by atomic mass is 79.9. The molecule has 0 aliphatic heterocycles. The molecule has 0 aliphatic carbocycles. The van der Waals surface area contributed by atoms with Gasteiger partial charge in [0.1, 0.15) is 0 Å². The largest absolute Gasteiger partial charge is 0.503 e. The number of halogens is 1. The first-order valence-corrected chi connectivity index (χ1v) is 7.41. The van der Waals surface area contributed by atoms with Crippen LogP contribution in [0.5, 0.6) is 11.5 Å². The lowest BCUT2D eigenvalue weighted by Crippen LogP contribution is -2.35. The smallest absolute Gasteiger partial charge is 0.331 e. The van der Waals surface area contributed by atoms with Gasteiger partial charge in [0.2, 0.25) is 0 Å². The zero-order valence-electron chi connectivity index (χ0n) is 12.6. The molecule has 6 nitrogen and oxygen atoms in total. The van der Waals surface area contributed by atoms with E-state index in [0.717, 1.165) is 0 Å². The summed E-state index contributed by atoms with van der Waals surface area (Å²) in [6, 6.07) is 3.19. The molecule has 1 aromatic rings. The van der Waals surface area contributed by atoms with Gasteiger partial charge in [-0.15, -0.1) is 0 Å². The number of nitrogens with one attached hydrogen (secondary N) is 1. The predicted octanol–water partition coefficient (Wildman–Crippen LogP) is 2.24. The van der Waals surface area contributed by atoms with E-state index < -0.39 is 12.1 Å². The molecular formula is C15H18BrNO5. The second-order valence-corrected chi connectivity index (χ2v) is 5.21. The lowest BCUT2D eigenvalue weighted by atomic mass is 10.2. The number of aromatic hydroxyl groups is 1. The minimum atomic E-state index is -0.863. The summed E-state index contributed by atoms with van der Waals surface area (Å²) in [4.78, 5) is 23.1. The molecule has 1 atom stereocenters. The molecule has 0 spiro atoms. The first-order valence-electron chi connectivity index (χ1n) is 6.62. The van der Waals surface area contributed by atoms with Gasteiger partial charge >= 0.3 is 5.97 Å². The van der Waals surface area contributed by atoms with E-state index >= 15 is 0 Å². The van der Waals surface area contributed by atoms with Crippen LogP contribution in [0, 0.1) is 0 Å². The summed E-state index contributed by atoms with van der Waals surface area (Å²) < 4.78 is 10.4. The van der Waals surface area contributed by atoms with Crippen molar-refractivity contribution in [3.05, 3.63) is 28.2 Å². The highest BCUT2D eigenvalue weighted by Gasteiger charge is 2.15. The molecule has 0 saturated heterocycles. The average Bonchev–Trinajstić information content (AvgIpc) is 2.48. The number of hydrogen-bond acceptors (Lipinski definition) is 5. The third-order valence-electron chi connectivity index (χ3n) is 2.70. The zero-order valence-corrected chi connectivity index (χ0v) is 14.1. The van der Waals surface area contributed by atoms with Gasteiger partial charge in [-0.2, -0.15) is 0 Å². The highest BCUT2D eigenvalue weighted by Crippen LogP contribution is 2.35. The number of carbonyl (C=O) groups is 2. The molecular weight excluding hydrogens is 354 g/mol. The second-order valence-electron chi connectivity index (χ2n) is 4.36. The number of benzene rings is 1. The normalized spacial score (nSPS) is 12.0. The molecule has 0 aliphatic rings. The Balaban J connectivity index is 2.74. The molecule has 0 bridgehead atoms. The van der Waals surface area contributed by atoms with Crippen molar-refractivity contribution < 1.29 is 24.2 Å². The minimum absolute atomic E-state index is 0.0212. The average molecular weight is 372 g/mol. The van der Waals surface area contributed by atoms with Crippen LogP contribution in [-0.4, -0.2) is 36.7 Å². The Morgan fingerprint density at radius 3 is 2.73 bits per heavy atom. The monoisotopic (exact) mass is 371 g/mol. The van der Waals surface area contributed by atoms with E-state index in [1.165, 1.54) is 26.2 Å². The van der Waals surface area contributed by atoms with Crippen LogP contribution in [0.25, 0.3) is 6.08 Å². The summed E-state index contributed by atoms with van der Waals surface area (Å²) in [5.74, 6) is -0.731. The number of rotatable bonds is 6. The molecule has 2 N–H and O–H groups in total. The van der Waals surface area contributed by atoms with E-state index in [-0.39, 0.29) is 17.4 Å². The molecule has 0 aromatic heterocycles. The van der Waals surface area contributed by atoms with E-state index in [4.69, 9.17) is 9.47 Å². The van der Waals surface area contributed by atoms with Crippen molar-refractivity contribution in [1.29, 1.82) is 0 Å². The Kier molecular flexibility index (Phi) is 6.91. The maximum atomic E-state index is 11.7. The fourth-order valence-corrected chi connectivity index (χ4v) is 2.05. The molecule has 0 radical (unpaired) electrons. The Hall–Kier alpha value is -2.02. The van der Waals surface area contributed by atoms with Gasteiger partial charge in [0.05, 0.1) is 11.6 Å². The molecule has 0 heterocycles. The van der Waals surface area contributed by atoms with Crippen molar-refractivity contribution in [2.24, 2.45) is 0 Å². The predicted molar refractivity (Wildman–Crippen MR) is 85.6 cm³/mol. The molecule has 0 unspecified atom stereocenters. The van der Waals surface area contributed by atoms with Crippen LogP contribution in [-0.2, 0) is 14.3 Å². The Labute approximate surface area is 137 Å². The van der Waals surface area contributed by atoms with Crippen LogP contribution in [0.3, 0.4) is 0 Å². The molecule has 0 fully saturated rings. The number of likely N-dealkylation sites (N-methyl/N-ethyl adjacent to an activating group) is 1. The Morgan fingerprint density at radius 2 is 2.14 bits per heavy atom. The molecule has 1 aromatic carbocycles. The third-order valence-corrected chi connectivity index (χ3v) is 3.30. The maximum absolute atomic E-state index is 11.7. The van der Waals surface area contributed by atoms with Gasteiger partial charge in [-0.05, 0) is 53.5 Å². The first kappa shape index (κ1) is 18.0. The number of ether oxygens (including phenoxy) is 2. The summed E-state index contributed by atoms with van der Waals surface area (Å²) >= 11 is 3.19. The molecule has 0 saturated carbocycles. The van der Waals surface area contributed by atoms with Crippen LogP contribution < -0.4 is 10.1 Å². The van der Waals surface area contributed by atoms with Crippen LogP contribution in [0.2, 0.25) is 0 Å². The SMILES string of the molecule is CCNC(=O)[C@@H](C)OC(=O)/C=C/c1cc(Br)c(O)c(OC)c1. The summed E-state index contributed by atoms with van der Waals surface area (Å²) in [6.07, 6.45) is 1.84. The Bertz CT molecular complexity index is 586. The second kappa shape index (κ2) is 8.43. The van der Waals surface area contributed by atoms with E-state index in [1.807, 2.05) is 0 Å². The van der Waals surface area contributed by atoms with Gasteiger partial charge in [0.25, 0.3) is 5.91 Å². The van der Waals surface area contributed by atoms with Crippen molar-refractivity contribution in [1.82, 2.24) is 5.32 Å². The van der Waals surface area contributed by atoms with Crippen molar-refractivity contribution in [3.8, 4) is 11.5 Å². The van der Waals surface area contributed by atoms with Crippen molar-refractivity contribution >= 4 is 33.9 Å². The summed E-state index contributed by atoms with van der Waals surface area (Å²) in [5.41, 5.74) is 0.629. The fraction of sp³-hybridized carbons (Fsp3) is 0.333. The standard InChI is InChI=1S/C15H18BrNO5/c1-4-17-15(20)9(2)22-13(18)6-5-10-7-11(16)14(19)12(8-10)21-3/h5-9,19H,4H2,1-3H3,(H,17,20)/b6-5+/t9-/m1/s1. The van der Waals surface area contributed by atoms with Gasteiger partial charge < -0.3 is 19.9 Å². The van der Waals surface area contributed by atoms with Gasteiger partial charge in [0, 0.05) is 12.6 Å². The van der Waals surface area contributed by atoms with Crippen molar-refractivity contribution in [3.63, 3.8) is 0 Å². The van der Waals surface area contributed by atoms with Crippen LogP contribution in [0.1, 0.15) is 19.4 Å². The molecule has 120 valence electrons. The maximum Gasteiger partial charge on any atom is 0.331 e. The zero-order chi connectivity index (χ0) is 16.7. The third kappa shape index (κ3) is 5.07. The van der Waals surface area contributed by atoms with Gasteiger partial charge in [-0.3, -0.25) is 4.79 Å². The number of phenols is 1. The van der Waals surface area contributed by atoms with Crippen LogP contribution in [0.15, 0.2) is 22.7 Å². The number of hydrogen-bond donors (Lipinski definition) is 2. The highest BCUT2D eigenvalue weighted by molar-refractivity contribution is 9.10. The van der Waals surface area contributed by atoms with E-state index in [0.29, 0.717) is 16.6 Å². The quantitative estimate of drug-likeness (QED) is 0.591. The summed E-state index contributed by atoms with van der Waals surface area (Å²) in [5, 5.41) is 12.3. The van der Waals surface area contributed by atoms with Gasteiger partial charge in [-0.25, -0.2) is 4.79 Å². The van der Waals surface area contributed by atoms with E-state index in [9.17, 15) is 14.7 Å². The lowest BCUT2D eigenvalue weighted by molar-refractivity contribution is -0.150. The number of amides is 1. The molecule has 1 rings (SSSR count). The number of methoxy groups -OCH3 is 1. The van der Waals surface area contributed by atoms with Crippen molar-refractivity contribution in [2.75, 3.05) is 13.7 Å². The van der Waals surface area contributed by atoms with Gasteiger partial charge in [-0.1, -0.05) is 0 Å². The summed E-state index contributed by atoms with van der Waals surface area (Å²) in [7, 11) is 1.43. The fourth-order valence-electron chi connectivity index (χ4n) is 1.59. The van der Waals surface area contributed by atoms with Crippen molar-refractivity contribution in [2.45, 2.75) is 20.0 Å². The van der Waals surface area contributed by atoms with Crippen LogP contribution >= 0.6 is 15.9 Å². The molecule has 1 amide bonds. The van der Waals surface area contributed by atoms with E-state index in [2.05, 4.69) is 21.2 Å². The Morgan fingerprint density at radius 1 is 1.45 bits per heavy atom. The topological polar surface area (TPSA) is 84.9 Å². The van der Waals surface area contributed by atoms with E-state index in [1.54, 1.807) is 19.1 Å². The first-order chi connectivity index (χ1) is 10.4.